The van der Waals surface area contributed by atoms with Gasteiger partial charge in [0.2, 0.25) is 0 Å². The number of carbonyl (C=O) groups excluding carboxylic acids is 1. The van der Waals surface area contributed by atoms with Crippen molar-refractivity contribution in [3.8, 4) is 17.1 Å². The Labute approximate surface area is 196 Å². The number of nitrogens with zero attached hydrogens (tertiary/aromatic N) is 3. The number of rotatable bonds is 9. The van der Waals surface area contributed by atoms with E-state index >= 15 is 0 Å². The Morgan fingerprint density at radius 3 is 2.50 bits per heavy atom. The van der Waals surface area contributed by atoms with Crippen LogP contribution in [0.4, 0.5) is 0 Å². The van der Waals surface area contributed by atoms with Crippen LogP contribution in [0.5, 0.6) is 5.75 Å². The van der Waals surface area contributed by atoms with Gasteiger partial charge in [-0.15, -0.1) is 0 Å². The molecule has 0 fully saturated rings. The van der Waals surface area contributed by atoms with Crippen molar-refractivity contribution in [2.45, 2.75) is 54.0 Å². The van der Waals surface area contributed by atoms with E-state index in [0.717, 1.165) is 40.4 Å². The lowest BCUT2D eigenvalue weighted by molar-refractivity contribution is -0.116. The minimum atomic E-state index is 0.205. The van der Waals surface area contributed by atoms with E-state index < -0.39 is 0 Å². The highest BCUT2D eigenvalue weighted by molar-refractivity contribution is 6.29. The number of carbonyl (C=O) groups is 1. The number of Topliss-reactive ketones (excluding diaryl/α,β-unsaturated/α-hetero) is 1. The van der Waals surface area contributed by atoms with Crippen LogP contribution in [0.2, 0.25) is 5.15 Å². The van der Waals surface area contributed by atoms with E-state index in [-0.39, 0.29) is 5.78 Å². The minimum absolute atomic E-state index is 0.205. The van der Waals surface area contributed by atoms with Gasteiger partial charge in [-0.2, -0.15) is 0 Å². The highest BCUT2D eigenvalue weighted by Gasteiger charge is 2.12. The fraction of sp³-hybridized carbons (Fsp3) is 0.346. The Hall–Kier alpha value is -2.92. The second-order valence-electron chi connectivity index (χ2n) is 7.35. The molecule has 0 aliphatic carbocycles. The number of imidazole rings is 1. The van der Waals surface area contributed by atoms with Crippen LogP contribution >= 0.6 is 11.6 Å². The standard InChI is InChI=1S/C24H26ClN3O2.C2H6/c1-17(8-9-19(3)29)12-13-30-22-7-5-4-6-21(22)16-28-18(2)14-27-24(28)20-10-11-23(25)26-15-20;1-2/h4-7,10-12,14-15H,8-9,13,16H2,1-3H3;1-2H3/b17-12+;. The lowest BCUT2D eigenvalue weighted by Crippen LogP contribution is -2.07. The second kappa shape index (κ2) is 12.8. The van der Waals surface area contributed by atoms with E-state index in [0.29, 0.717) is 24.7 Å². The summed E-state index contributed by atoms with van der Waals surface area (Å²) in [7, 11) is 0. The predicted octanol–water partition coefficient (Wildman–Crippen LogP) is 6.68. The third-order valence-corrected chi connectivity index (χ3v) is 5.11. The van der Waals surface area contributed by atoms with Crippen molar-refractivity contribution in [2.24, 2.45) is 0 Å². The number of hydrogen-bond acceptors (Lipinski definition) is 4. The molecule has 32 heavy (non-hydrogen) atoms. The van der Waals surface area contributed by atoms with E-state index in [9.17, 15) is 4.79 Å². The largest absolute Gasteiger partial charge is 0.489 e. The number of aromatic nitrogens is 3. The quantitative estimate of drug-likeness (QED) is 0.268. The van der Waals surface area contributed by atoms with Gasteiger partial charge in [-0.25, -0.2) is 9.97 Å². The SMILES string of the molecule is CC.CC(=O)CC/C(C)=C/COc1ccccc1Cn1c(C)cnc1-c1ccc(Cl)nc1. The molecule has 0 saturated heterocycles. The molecule has 5 nitrogen and oxygen atoms in total. The predicted molar refractivity (Wildman–Crippen MR) is 131 cm³/mol. The van der Waals surface area contributed by atoms with Crippen LogP contribution in [0, 0.1) is 6.92 Å². The minimum Gasteiger partial charge on any atom is -0.489 e. The van der Waals surface area contributed by atoms with E-state index in [1.54, 1.807) is 19.2 Å². The zero-order valence-corrected chi connectivity index (χ0v) is 20.3. The lowest BCUT2D eigenvalue weighted by atomic mass is 10.1. The molecule has 0 bridgehead atoms. The Bertz CT molecular complexity index is 1040. The Morgan fingerprint density at radius 1 is 1.06 bits per heavy atom. The summed E-state index contributed by atoms with van der Waals surface area (Å²) in [6.07, 6.45) is 6.97. The molecule has 0 spiro atoms. The summed E-state index contributed by atoms with van der Waals surface area (Å²) in [6.45, 7) is 10.8. The zero-order valence-electron chi connectivity index (χ0n) is 19.6. The second-order valence-corrected chi connectivity index (χ2v) is 7.74. The number of pyridine rings is 1. The van der Waals surface area contributed by atoms with Gasteiger partial charge in [-0.1, -0.05) is 49.2 Å². The summed E-state index contributed by atoms with van der Waals surface area (Å²) >= 11 is 5.92. The van der Waals surface area contributed by atoms with Gasteiger partial charge >= 0.3 is 0 Å². The van der Waals surface area contributed by atoms with E-state index in [1.807, 2.05) is 64.2 Å². The average Bonchev–Trinajstić information content (AvgIpc) is 3.15. The molecular formula is C26H32ClN3O2. The van der Waals surface area contributed by atoms with Gasteiger partial charge in [-0.05, 0) is 51.5 Å². The molecular weight excluding hydrogens is 422 g/mol. The number of aryl methyl sites for hydroxylation is 1. The molecule has 2 heterocycles. The zero-order chi connectivity index (χ0) is 23.5. The van der Waals surface area contributed by atoms with Crippen LogP contribution < -0.4 is 4.74 Å². The first-order valence-electron chi connectivity index (χ1n) is 10.9. The topological polar surface area (TPSA) is 57.0 Å². The number of ether oxygens (including phenoxy) is 1. The summed E-state index contributed by atoms with van der Waals surface area (Å²) in [5.74, 6) is 1.88. The Balaban J connectivity index is 0.00000176. The van der Waals surface area contributed by atoms with Crippen LogP contribution in [0.15, 0.2) is 60.4 Å². The number of allylic oxidation sites excluding steroid dienone is 1. The van der Waals surface area contributed by atoms with Crippen molar-refractivity contribution in [3.05, 3.63) is 76.9 Å². The summed E-state index contributed by atoms with van der Waals surface area (Å²) < 4.78 is 8.18. The molecule has 0 radical (unpaired) electrons. The molecule has 0 aliphatic rings. The maximum Gasteiger partial charge on any atom is 0.141 e. The van der Waals surface area contributed by atoms with Crippen LogP contribution in [-0.2, 0) is 11.3 Å². The summed E-state index contributed by atoms with van der Waals surface area (Å²) in [6, 6.07) is 11.7. The van der Waals surface area contributed by atoms with Gasteiger partial charge in [0.05, 0.1) is 6.54 Å². The molecule has 3 rings (SSSR count). The monoisotopic (exact) mass is 453 g/mol. The average molecular weight is 454 g/mol. The van der Waals surface area contributed by atoms with Crippen LogP contribution in [0.25, 0.3) is 11.4 Å². The fourth-order valence-corrected chi connectivity index (χ4v) is 3.21. The van der Waals surface area contributed by atoms with Gasteiger partial charge in [0.15, 0.2) is 0 Å². The molecule has 3 aromatic rings. The van der Waals surface area contributed by atoms with Crippen molar-refractivity contribution in [3.63, 3.8) is 0 Å². The summed E-state index contributed by atoms with van der Waals surface area (Å²) in [5.41, 5.74) is 4.19. The van der Waals surface area contributed by atoms with E-state index in [4.69, 9.17) is 16.3 Å². The molecule has 170 valence electrons. The third kappa shape index (κ3) is 7.34. The smallest absolute Gasteiger partial charge is 0.141 e. The maximum absolute atomic E-state index is 11.1. The lowest BCUT2D eigenvalue weighted by Gasteiger charge is -2.14. The van der Waals surface area contributed by atoms with Crippen LogP contribution in [0.1, 0.15) is 51.8 Å². The first-order chi connectivity index (χ1) is 15.4. The fourth-order valence-electron chi connectivity index (χ4n) is 3.09. The van der Waals surface area contributed by atoms with Crippen molar-refractivity contribution < 1.29 is 9.53 Å². The third-order valence-electron chi connectivity index (χ3n) is 4.88. The van der Waals surface area contributed by atoms with Gasteiger partial charge in [0.1, 0.15) is 29.1 Å². The van der Waals surface area contributed by atoms with Crippen LogP contribution in [-0.4, -0.2) is 26.9 Å². The molecule has 0 aliphatic heterocycles. The maximum atomic E-state index is 11.1. The van der Waals surface area contributed by atoms with Crippen molar-refractivity contribution in [1.29, 1.82) is 0 Å². The number of para-hydroxylation sites is 1. The molecule has 1 aromatic carbocycles. The number of hydrogen-bond donors (Lipinski definition) is 0. The van der Waals surface area contributed by atoms with Gasteiger partial charge in [-0.3, -0.25) is 0 Å². The molecule has 6 heteroatoms. The highest BCUT2D eigenvalue weighted by Crippen LogP contribution is 2.25. The Kier molecular flexibility index (Phi) is 10.2. The van der Waals surface area contributed by atoms with Gasteiger partial charge in [0.25, 0.3) is 0 Å². The van der Waals surface area contributed by atoms with E-state index in [2.05, 4.69) is 20.6 Å². The first kappa shape index (κ1) is 25.3. The molecule has 0 N–H and O–H groups in total. The molecule has 0 atom stereocenters. The van der Waals surface area contributed by atoms with Crippen molar-refractivity contribution in [1.82, 2.24) is 14.5 Å². The molecule has 2 aromatic heterocycles. The summed E-state index contributed by atoms with van der Waals surface area (Å²) in [4.78, 5) is 19.9. The first-order valence-corrected chi connectivity index (χ1v) is 11.3. The highest BCUT2D eigenvalue weighted by atomic mass is 35.5. The van der Waals surface area contributed by atoms with Crippen molar-refractivity contribution in [2.75, 3.05) is 6.61 Å². The normalized spacial score (nSPS) is 11.0. The van der Waals surface area contributed by atoms with E-state index in [1.165, 1.54) is 0 Å². The summed E-state index contributed by atoms with van der Waals surface area (Å²) in [5, 5.41) is 0.457. The van der Waals surface area contributed by atoms with Gasteiger partial charge < -0.3 is 14.1 Å². The molecule has 0 unspecified atom stereocenters. The van der Waals surface area contributed by atoms with Crippen LogP contribution in [0.3, 0.4) is 0 Å². The molecule has 0 saturated carbocycles. The Morgan fingerprint density at radius 2 is 1.81 bits per heavy atom. The number of benzene rings is 1. The molecule has 0 amide bonds. The number of ketones is 1. The number of halogens is 1. The van der Waals surface area contributed by atoms with Crippen molar-refractivity contribution >= 4 is 17.4 Å². The van der Waals surface area contributed by atoms with Gasteiger partial charge in [0, 0.05) is 35.6 Å².